The Morgan fingerprint density at radius 1 is 1.27 bits per heavy atom. The van der Waals surface area contributed by atoms with Crippen molar-refractivity contribution in [3.05, 3.63) is 34.3 Å². The van der Waals surface area contributed by atoms with Crippen LogP contribution in [0.1, 0.15) is 46.6 Å². The minimum atomic E-state index is -1.15. The number of rotatable bonds is 3. The van der Waals surface area contributed by atoms with Gasteiger partial charge >= 0.3 is 0 Å². The van der Waals surface area contributed by atoms with Crippen molar-refractivity contribution in [2.45, 2.75) is 57.4 Å². The molecule has 1 aliphatic rings. The van der Waals surface area contributed by atoms with Gasteiger partial charge in [0.05, 0.1) is 34.0 Å². The lowest BCUT2D eigenvalue weighted by Gasteiger charge is -2.46. The molecule has 1 aliphatic heterocycles. The predicted octanol–water partition coefficient (Wildman–Crippen LogP) is 4.14. The number of hydrogen-bond acceptors (Lipinski definition) is 2. The van der Waals surface area contributed by atoms with Crippen molar-refractivity contribution in [2.75, 3.05) is 6.61 Å². The highest BCUT2D eigenvalue weighted by Gasteiger charge is 2.45. The standard InChI is InChI=1S/C17H26BrNO2S/c1-12-10-13(2)21-11-17(12,19-22(20)16(3,4)5)14-6-8-15(18)9-7-14/h6-9,12-13,19H,10-11H2,1-5H3. The number of nitrogens with one attached hydrogen (secondary N) is 1. The van der Waals surface area contributed by atoms with Crippen LogP contribution in [0.3, 0.4) is 0 Å². The minimum absolute atomic E-state index is 0.239. The Morgan fingerprint density at radius 3 is 2.36 bits per heavy atom. The molecule has 0 bridgehead atoms. The first-order valence-corrected chi connectivity index (χ1v) is 9.67. The van der Waals surface area contributed by atoms with E-state index >= 15 is 0 Å². The normalized spacial score (nSPS) is 31.0. The van der Waals surface area contributed by atoms with Crippen LogP contribution >= 0.6 is 15.9 Å². The Bertz CT molecular complexity index is 541. The summed E-state index contributed by atoms with van der Waals surface area (Å²) in [5, 5.41) is 0. The molecule has 4 atom stereocenters. The number of hydrogen-bond donors (Lipinski definition) is 1. The van der Waals surface area contributed by atoms with E-state index in [0.717, 1.165) is 16.5 Å². The number of ether oxygens (including phenoxy) is 1. The molecule has 22 heavy (non-hydrogen) atoms. The van der Waals surface area contributed by atoms with Crippen LogP contribution in [-0.2, 0) is 21.3 Å². The van der Waals surface area contributed by atoms with E-state index in [1.807, 2.05) is 32.9 Å². The molecule has 0 aliphatic carbocycles. The molecule has 0 amide bonds. The van der Waals surface area contributed by atoms with Crippen LogP contribution < -0.4 is 4.72 Å². The summed E-state index contributed by atoms with van der Waals surface area (Å²) in [6, 6.07) is 8.24. The Labute approximate surface area is 144 Å². The van der Waals surface area contributed by atoms with Gasteiger partial charge in [0.15, 0.2) is 0 Å². The number of halogens is 1. The Morgan fingerprint density at radius 2 is 1.86 bits per heavy atom. The zero-order chi connectivity index (χ0) is 16.5. The Hall–Kier alpha value is -0.230. The van der Waals surface area contributed by atoms with Gasteiger partial charge in [-0.25, -0.2) is 8.93 Å². The quantitative estimate of drug-likeness (QED) is 0.845. The van der Waals surface area contributed by atoms with Gasteiger partial charge in [0.1, 0.15) is 0 Å². The van der Waals surface area contributed by atoms with Crippen molar-refractivity contribution in [1.29, 1.82) is 0 Å². The molecule has 2 rings (SSSR count). The van der Waals surface area contributed by atoms with Gasteiger partial charge in [-0.05, 0) is 57.7 Å². The maximum atomic E-state index is 12.7. The second-order valence-electron chi connectivity index (χ2n) is 7.22. The van der Waals surface area contributed by atoms with Gasteiger partial charge in [0, 0.05) is 4.47 Å². The van der Waals surface area contributed by atoms with E-state index in [2.05, 4.69) is 46.6 Å². The SMILES string of the molecule is CC1CC(C)C(NS(=O)C(C)(C)C)(c2ccc(Br)cc2)CO1. The smallest absolute Gasteiger partial charge is 0.0979 e. The maximum Gasteiger partial charge on any atom is 0.0979 e. The van der Waals surface area contributed by atoms with Crippen LogP contribution in [-0.4, -0.2) is 21.7 Å². The molecule has 1 heterocycles. The molecular formula is C17H26BrNO2S. The molecule has 1 N–H and O–H groups in total. The highest BCUT2D eigenvalue weighted by Crippen LogP contribution is 2.39. The van der Waals surface area contributed by atoms with Gasteiger partial charge in [0.25, 0.3) is 0 Å². The highest BCUT2D eigenvalue weighted by molar-refractivity contribution is 9.10. The van der Waals surface area contributed by atoms with Gasteiger partial charge < -0.3 is 4.74 Å². The molecule has 0 aromatic heterocycles. The second-order valence-corrected chi connectivity index (χ2v) is 10.1. The molecule has 124 valence electrons. The Kier molecular flexibility index (Phi) is 5.53. The largest absolute Gasteiger partial charge is 0.376 e. The van der Waals surface area contributed by atoms with E-state index < -0.39 is 16.5 Å². The van der Waals surface area contributed by atoms with E-state index in [0.29, 0.717) is 12.5 Å². The topological polar surface area (TPSA) is 38.3 Å². The van der Waals surface area contributed by atoms with E-state index in [1.54, 1.807) is 0 Å². The summed E-state index contributed by atoms with van der Waals surface area (Å²) in [7, 11) is -1.15. The minimum Gasteiger partial charge on any atom is -0.376 e. The summed E-state index contributed by atoms with van der Waals surface area (Å²) >= 11 is 3.48. The summed E-state index contributed by atoms with van der Waals surface area (Å²) in [6.07, 6.45) is 1.19. The molecule has 0 saturated carbocycles. The molecule has 0 spiro atoms. The first kappa shape index (κ1) is 18.1. The average molecular weight is 388 g/mol. The fourth-order valence-electron chi connectivity index (χ4n) is 2.81. The zero-order valence-corrected chi connectivity index (χ0v) is 16.4. The van der Waals surface area contributed by atoms with Crippen molar-refractivity contribution in [3.8, 4) is 0 Å². The second kappa shape index (κ2) is 6.71. The van der Waals surface area contributed by atoms with Crippen molar-refractivity contribution < 1.29 is 8.95 Å². The molecule has 5 heteroatoms. The molecule has 4 unspecified atom stereocenters. The summed E-state index contributed by atoms with van der Waals surface area (Å²) in [6.45, 7) is 10.8. The third-order valence-corrected chi connectivity index (χ3v) is 6.50. The molecule has 1 saturated heterocycles. The fourth-order valence-corrected chi connectivity index (χ4v) is 4.09. The molecular weight excluding hydrogens is 362 g/mol. The van der Waals surface area contributed by atoms with Gasteiger partial charge in [0.2, 0.25) is 0 Å². The van der Waals surface area contributed by atoms with Crippen LogP contribution in [0.4, 0.5) is 0 Å². The van der Waals surface area contributed by atoms with Crippen molar-refractivity contribution >= 4 is 26.9 Å². The summed E-state index contributed by atoms with van der Waals surface area (Å²) in [5.41, 5.74) is 0.721. The van der Waals surface area contributed by atoms with Gasteiger partial charge in [-0.2, -0.15) is 0 Å². The van der Waals surface area contributed by atoms with Crippen LogP contribution in [0.2, 0.25) is 0 Å². The highest BCUT2D eigenvalue weighted by atomic mass is 79.9. The maximum absolute atomic E-state index is 12.7. The fraction of sp³-hybridized carbons (Fsp3) is 0.647. The summed E-state index contributed by atoms with van der Waals surface area (Å²) in [4.78, 5) is 0. The lowest BCUT2D eigenvalue weighted by Crippen LogP contribution is -2.57. The van der Waals surface area contributed by atoms with E-state index in [9.17, 15) is 4.21 Å². The molecule has 0 radical (unpaired) electrons. The third-order valence-electron chi connectivity index (χ3n) is 4.31. The lowest BCUT2D eigenvalue weighted by atomic mass is 9.76. The van der Waals surface area contributed by atoms with Crippen LogP contribution in [0.5, 0.6) is 0 Å². The van der Waals surface area contributed by atoms with E-state index in [-0.39, 0.29) is 10.9 Å². The van der Waals surface area contributed by atoms with Crippen LogP contribution in [0.15, 0.2) is 28.7 Å². The first-order chi connectivity index (χ1) is 10.1. The zero-order valence-electron chi connectivity index (χ0n) is 14.0. The van der Waals surface area contributed by atoms with E-state index in [1.165, 1.54) is 0 Å². The van der Waals surface area contributed by atoms with Crippen LogP contribution in [0.25, 0.3) is 0 Å². The van der Waals surface area contributed by atoms with E-state index in [4.69, 9.17) is 4.74 Å². The van der Waals surface area contributed by atoms with Crippen molar-refractivity contribution in [3.63, 3.8) is 0 Å². The van der Waals surface area contributed by atoms with Gasteiger partial charge in [-0.1, -0.05) is 35.0 Å². The summed E-state index contributed by atoms with van der Waals surface area (Å²) < 4.78 is 22.8. The Balaban J connectivity index is 2.40. The summed E-state index contributed by atoms with van der Waals surface area (Å²) in [5.74, 6) is 0.337. The lowest BCUT2D eigenvalue weighted by molar-refractivity contribution is -0.0546. The van der Waals surface area contributed by atoms with Crippen molar-refractivity contribution in [1.82, 2.24) is 4.72 Å². The van der Waals surface area contributed by atoms with Crippen molar-refractivity contribution in [2.24, 2.45) is 5.92 Å². The molecule has 1 aromatic rings. The third kappa shape index (κ3) is 3.81. The molecule has 1 fully saturated rings. The van der Waals surface area contributed by atoms with Gasteiger partial charge in [-0.15, -0.1) is 0 Å². The van der Waals surface area contributed by atoms with Crippen LogP contribution in [0, 0.1) is 5.92 Å². The average Bonchev–Trinajstić information content (AvgIpc) is 2.42. The van der Waals surface area contributed by atoms with Gasteiger partial charge in [-0.3, -0.25) is 0 Å². The molecule has 3 nitrogen and oxygen atoms in total. The number of benzene rings is 1. The monoisotopic (exact) mass is 387 g/mol. The molecule has 1 aromatic carbocycles. The first-order valence-electron chi connectivity index (χ1n) is 7.72. The predicted molar refractivity (Wildman–Crippen MR) is 96.0 cm³/mol.